The molecule has 2 rings (SSSR count). The van der Waals surface area contributed by atoms with E-state index >= 15 is 0 Å². The third kappa shape index (κ3) is 3.53. The maximum absolute atomic E-state index is 6.25. The van der Waals surface area contributed by atoms with Gasteiger partial charge in [0.25, 0.3) is 0 Å². The van der Waals surface area contributed by atoms with Gasteiger partial charge in [-0.25, -0.2) is 0 Å². The molecule has 4 heteroatoms. The van der Waals surface area contributed by atoms with E-state index < -0.39 is 0 Å². The van der Waals surface area contributed by atoms with Gasteiger partial charge in [-0.2, -0.15) is 0 Å². The average Bonchev–Trinajstić information content (AvgIpc) is 2.71. The second-order valence-corrected chi connectivity index (χ2v) is 6.86. The Morgan fingerprint density at radius 2 is 2.00 bits per heavy atom. The Balaban J connectivity index is 2.04. The molecule has 0 aromatic heterocycles. The van der Waals surface area contributed by atoms with Crippen LogP contribution in [0.3, 0.4) is 0 Å². The molecule has 0 spiro atoms. The minimum Gasteiger partial charge on any atom is -0.380 e. The topological polar surface area (TPSA) is 41.7 Å². The summed E-state index contributed by atoms with van der Waals surface area (Å²) >= 11 is 0. The lowest BCUT2D eigenvalue weighted by atomic mass is 9.86. The number of hydrogen-bond donors (Lipinski definition) is 1. The van der Waals surface area contributed by atoms with Crippen molar-refractivity contribution in [3.8, 4) is 0 Å². The summed E-state index contributed by atoms with van der Waals surface area (Å²) in [6.07, 6.45) is 6.56. The molecule has 0 aromatic rings. The molecule has 0 aliphatic carbocycles. The zero-order chi connectivity index (χ0) is 14.6. The van der Waals surface area contributed by atoms with Crippen LogP contribution in [0.25, 0.3) is 0 Å². The van der Waals surface area contributed by atoms with E-state index in [4.69, 9.17) is 10.5 Å². The first kappa shape index (κ1) is 16.2. The summed E-state index contributed by atoms with van der Waals surface area (Å²) < 4.78 is 5.60. The lowest BCUT2D eigenvalue weighted by Gasteiger charge is -2.47. The third-order valence-electron chi connectivity index (χ3n) is 5.44. The van der Waals surface area contributed by atoms with E-state index in [-0.39, 0.29) is 5.54 Å². The number of piperidine rings is 1. The molecular weight excluding hydrogens is 250 g/mol. The molecule has 2 aliphatic rings. The molecule has 20 heavy (non-hydrogen) atoms. The van der Waals surface area contributed by atoms with Gasteiger partial charge in [-0.05, 0) is 59.0 Å². The molecule has 0 amide bonds. The summed E-state index contributed by atoms with van der Waals surface area (Å²) in [7, 11) is 1.84. The minimum atomic E-state index is 0.209. The number of rotatable bonds is 4. The van der Waals surface area contributed by atoms with Gasteiger partial charge in [0, 0.05) is 38.3 Å². The van der Waals surface area contributed by atoms with Crippen molar-refractivity contribution in [2.24, 2.45) is 5.73 Å². The zero-order valence-corrected chi connectivity index (χ0v) is 13.6. The molecule has 0 aromatic carbocycles. The highest BCUT2D eigenvalue weighted by molar-refractivity contribution is 4.97. The second kappa shape index (κ2) is 7.21. The van der Waals surface area contributed by atoms with Gasteiger partial charge in [0.2, 0.25) is 0 Å². The number of ether oxygens (including phenoxy) is 1. The lowest BCUT2D eigenvalue weighted by molar-refractivity contribution is -0.0226. The van der Waals surface area contributed by atoms with Crippen molar-refractivity contribution in [2.45, 2.75) is 63.6 Å². The summed E-state index contributed by atoms with van der Waals surface area (Å²) in [5.74, 6) is 0. The Hall–Kier alpha value is -0.160. The lowest BCUT2D eigenvalue weighted by Crippen LogP contribution is -2.58. The highest BCUT2D eigenvalue weighted by Gasteiger charge is 2.39. The van der Waals surface area contributed by atoms with Crippen molar-refractivity contribution in [3.05, 3.63) is 0 Å². The van der Waals surface area contributed by atoms with Gasteiger partial charge in [0.05, 0.1) is 6.10 Å². The molecule has 2 aliphatic heterocycles. The van der Waals surface area contributed by atoms with E-state index in [1.54, 1.807) is 0 Å². The summed E-state index contributed by atoms with van der Waals surface area (Å²) in [6, 6.07) is 0.650. The SMILES string of the molecule is COC1CCCN(C2(CN)CCCN(C(C)C)CC2)C1. The molecule has 0 saturated carbocycles. The van der Waals surface area contributed by atoms with Crippen LogP contribution < -0.4 is 5.73 Å². The number of likely N-dealkylation sites (tertiary alicyclic amines) is 2. The van der Waals surface area contributed by atoms with Crippen LogP contribution in [-0.2, 0) is 4.74 Å². The predicted molar refractivity (Wildman–Crippen MR) is 83.9 cm³/mol. The highest BCUT2D eigenvalue weighted by atomic mass is 16.5. The van der Waals surface area contributed by atoms with Crippen LogP contribution in [0.15, 0.2) is 0 Å². The van der Waals surface area contributed by atoms with Gasteiger partial charge >= 0.3 is 0 Å². The van der Waals surface area contributed by atoms with E-state index in [1.165, 1.54) is 51.7 Å². The normalized spacial score (nSPS) is 34.4. The van der Waals surface area contributed by atoms with Gasteiger partial charge in [0.1, 0.15) is 0 Å². The smallest absolute Gasteiger partial charge is 0.0698 e. The van der Waals surface area contributed by atoms with E-state index in [1.807, 2.05) is 7.11 Å². The van der Waals surface area contributed by atoms with Crippen molar-refractivity contribution in [1.82, 2.24) is 9.80 Å². The average molecular weight is 283 g/mol. The summed E-state index contributed by atoms with van der Waals surface area (Å²) in [4.78, 5) is 5.25. The van der Waals surface area contributed by atoms with E-state index in [2.05, 4.69) is 23.6 Å². The molecule has 2 saturated heterocycles. The number of hydrogen-bond acceptors (Lipinski definition) is 4. The van der Waals surface area contributed by atoms with Crippen LogP contribution in [0.5, 0.6) is 0 Å². The van der Waals surface area contributed by atoms with Crippen LogP contribution in [0.1, 0.15) is 46.0 Å². The first-order valence-corrected chi connectivity index (χ1v) is 8.33. The zero-order valence-electron chi connectivity index (χ0n) is 13.6. The standard InChI is InChI=1S/C16H33N3O/c1-14(2)18-9-5-7-16(13-17,8-11-18)19-10-4-6-15(12-19)20-3/h14-15H,4-13,17H2,1-3H3. The highest BCUT2D eigenvalue weighted by Crippen LogP contribution is 2.31. The molecule has 2 unspecified atom stereocenters. The number of nitrogens with zero attached hydrogens (tertiary/aromatic N) is 2. The largest absolute Gasteiger partial charge is 0.380 e. The van der Waals surface area contributed by atoms with Gasteiger partial charge in [-0.3, -0.25) is 4.90 Å². The second-order valence-electron chi connectivity index (χ2n) is 6.86. The maximum Gasteiger partial charge on any atom is 0.0698 e. The fourth-order valence-electron chi connectivity index (χ4n) is 3.93. The first-order valence-electron chi connectivity index (χ1n) is 8.33. The van der Waals surface area contributed by atoms with Gasteiger partial charge < -0.3 is 15.4 Å². The van der Waals surface area contributed by atoms with Crippen LogP contribution in [-0.4, -0.2) is 67.3 Å². The predicted octanol–water partition coefficient (Wildman–Crippen LogP) is 1.69. The van der Waals surface area contributed by atoms with E-state index in [0.29, 0.717) is 12.1 Å². The number of nitrogens with two attached hydrogens (primary N) is 1. The van der Waals surface area contributed by atoms with Crippen molar-refractivity contribution >= 4 is 0 Å². The summed E-state index contributed by atoms with van der Waals surface area (Å²) in [6.45, 7) is 10.1. The van der Waals surface area contributed by atoms with E-state index in [9.17, 15) is 0 Å². The first-order chi connectivity index (χ1) is 9.61. The fraction of sp³-hybridized carbons (Fsp3) is 1.00. The van der Waals surface area contributed by atoms with Crippen molar-refractivity contribution in [2.75, 3.05) is 39.8 Å². The molecule has 2 fully saturated rings. The molecular formula is C16H33N3O. The Kier molecular flexibility index (Phi) is 5.84. The minimum absolute atomic E-state index is 0.209. The molecule has 2 heterocycles. The summed E-state index contributed by atoms with van der Waals surface area (Å²) in [5, 5.41) is 0. The van der Waals surface area contributed by atoms with Crippen LogP contribution in [0, 0.1) is 0 Å². The van der Waals surface area contributed by atoms with Crippen LogP contribution in [0.2, 0.25) is 0 Å². The Morgan fingerprint density at radius 1 is 1.20 bits per heavy atom. The Morgan fingerprint density at radius 3 is 2.65 bits per heavy atom. The maximum atomic E-state index is 6.25. The summed E-state index contributed by atoms with van der Waals surface area (Å²) in [5.41, 5.74) is 6.46. The molecule has 0 bridgehead atoms. The van der Waals surface area contributed by atoms with Crippen molar-refractivity contribution in [1.29, 1.82) is 0 Å². The fourth-order valence-corrected chi connectivity index (χ4v) is 3.93. The number of methoxy groups -OCH3 is 1. The molecule has 2 N–H and O–H groups in total. The van der Waals surface area contributed by atoms with Crippen LogP contribution in [0.4, 0.5) is 0 Å². The molecule has 0 radical (unpaired) electrons. The Bertz CT molecular complexity index is 297. The van der Waals surface area contributed by atoms with Crippen LogP contribution >= 0.6 is 0 Å². The molecule has 2 atom stereocenters. The van der Waals surface area contributed by atoms with Gasteiger partial charge in [-0.15, -0.1) is 0 Å². The van der Waals surface area contributed by atoms with Crippen molar-refractivity contribution < 1.29 is 4.74 Å². The van der Waals surface area contributed by atoms with E-state index in [0.717, 1.165) is 13.1 Å². The molecule has 4 nitrogen and oxygen atoms in total. The van der Waals surface area contributed by atoms with Gasteiger partial charge in [-0.1, -0.05) is 0 Å². The molecule has 118 valence electrons. The quantitative estimate of drug-likeness (QED) is 0.852. The third-order valence-corrected chi connectivity index (χ3v) is 5.44. The monoisotopic (exact) mass is 283 g/mol. The van der Waals surface area contributed by atoms with Gasteiger partial charge in [0.15, 0.2) is 0 Å². The Labute approximate surface area is 124 Å². The van der Waals surface area contributed by atoms with Crippen molar-refractivity contribution in [3.63, 3.8) is 0 Å².